The number of nitrogens with one attached hydrogen (secondary N) is 2. The van der Waals surface area contributed by atoms with Crippen molar-refractivity contribution in [3.8, 4) is 33.9 Å². The summed E-state index contributed by atoms with van der Waals surface area (Å²) in [5.74, 6) is 1.21. The number of aryl methyl sites for hydroxylation is 2. The third-order valence-corrected chi connectivity index (χ3v) is 6.96. The Balaban J connectivity index is 1.59. The molecule has 0 amide bonds. The first-order valence-electron chi connectivity index (χ1n) is 13.6. The van der Waals surface area contributed by atoms with E-state index in [9.17, 15) is 0 Å². The smallest absolute Gasteiger partial charge is 0.320 e. The number of para-hydroxylation sites is 1. The summed E-state index contributed by atoms with van der Waals surface area (Å²) in [7, 11) is 0. The van der Waals surface area contributed by atoms with Gasteiger partial charge >= 0.3 is 6.01 Å². The zero-order chi connectivity index (χ0) is 27.6. The molecule has 1 aliphatic heterocycles. The van der Waals surface area contributed by atoms with Gasteiger partial charge in [0, 0.05) is 58.7 Å². The summed E-state index contributed by atoms with van der Waals surface area (Å²) in [5, 5.41) is 17.3. The highest BCUT2D eigenvalue weighted by Crippen LogP contribution is 2.44. The maximum atomic E-state index is 6.55. The van der Waals surface area contributed by atoms with Crippen molar-refractivity contribution in [1.82, 2.24) is 10.2 Å². The number of fused-ring (bicyclic) bond motifs is 2. The van der Waals surface area contributed by atoms with Crippen LogP contribution in [0, 0.1) is 13.8 Å². The second kappa shape index (κ2) is 10.7. The predicted octanol–water partition coefficient (Wildman–Crippen LogP) is 7.97. The molecule has 0 saturated carbocycles. The molecule has 1 aliphatic carbocycles. The van der Waals surface area contributed by atoms with Crippen LogP contribution >= 0.6 is 0 Å². The fourth-order valence-electron chi connectivity index (χ4n) is 5.12. The van der Waals surface area contributed by atoms with Crippen molar-refractivity contribution in [1.29, 1.82) is 0 Å². The molecule has 6 rings (SSSR count). The van der Waals surface area contributed by atoms with Crippen molar-refractivity contribution in [2.45, 2.75) is 27.7 Å². The van der Waals surface area contributed by atoms with Gasteiger partial charge in [0.1, 0.15) is 11.3 Å². The van der Waals surface area contributed by atoms with E-state index < -0.39 is 0 Å². The maximum Gasteiger partial charge on any atom is 0.320 e. The third kappa shape index (κ3) is 4.71. The molecule has 0 saturated heterocycles. The Hall–Kier alpha value is -4.91. The molecule has 2 N–H and O–H groups in total. The Bertz CT molecular complexity index is 1850. The molecule has 0 unspecified atom stereocenters. The first-order chi connectivity index (χ1) is 19.6. The summed E-state index contributed by atoms with van der Waals surface area (Å²) in [6, 6.07) is 26.8. The van der Waals surface area contributed by atoms with Crippen LogP contribution in [0.4, 0.5) is 17.4 Å². The van der Waals surface area contributed by atoms with Gasteiger partial charge in [-0.1, -0.05) is 41.5 Å². The number of anilines is 3. The minimum atomic E-state index is 0.335. The van der Waals surface area contributed by atoms with Gasteiger partial charge in [-0.3, -0.25) is 4.99 Å². The fourth-order valence-corrected chi connectivity index (χ4v) is 5.12. The lowest BCUT2D eigenvalue weighted by atomic mass is 9.89. The summed E-state index contributed by atoms with van der Waals surface area (Å²) in [5.41, 5.74) is 8.85. The molecule has 0 fully saturated rings. The highest BCUT2D eigenvalue weighted by Gasteiger charge is 2.23. The standard InChI is InChI=1S/C33H31N5O2/c1-5-34-27-18-29-25(16-20(27)3)31(26-17-21(4)28(35-6-2)19-30(26)39-29)23-14-10-11-15-24(23)32-37-38-33(40-32)36-22-12-8-7-9-13-22/h7-19,34H,5-6H2,1-4H3,(H,36,38). The van der Waals surface area contributed by atoms with E-state index in [4.69, 9.17) is 8.83 Å². The summed E-state index contributed by atoms with van der Waals surface area (Å²) < 4.78 is 12.7. The van der Waals surface area contributed by atoms with Crippen LogP contribution < -0.4 is 16.0 Å². The first kappa shape index (κ1) is 25.4. The normalized spacial score (nSPS) is 11.8. The van der Waals surface area contributed by atoms with Crippen LogP contribution in [-0.4, -0.2) is 23.3 Å². The van der Waals surface area contributed by atoms with Crippen LogP contribution in [0.3, 0.4) is 0 Å². The van der Waals surface area contributed by atoms with Crippen LogP contribution in [-0.2, 0) is 0 Å². The van der Waals surface area contributed by atoms with Crippen molar-refractivity contribution in [3.05, 3.63) is 95.3 Å². The molecule has 0 atom stereocenters. The molecule has 0 bridgehead atoms. The second-order valence-corrected chi connectivity index (χ2v) is 9.73. The Morgan fingerprint density at radius 1 is 0.775 bits per heavy atom. The minimum Gasteiger partial charge on any atom is -0.456 e. The van der Waals surface area contributed by atoms with Crippen molar-refractivity contribution in [2.24, 2.45) is 4.99 Å². The van der Waals surface area contributed by atoms with Crippen LogP contribution in [0.25, 0.3) is 44.9 Å². The molecule has 7 heteroatoms. The zero-order valence-corrected chi connectivity index (χ0v) is 23.1. The summed E-state index contributed by atoms with van der Waals surface area (Å²) >= 11 is 0. The van der Waals surface area contributed by atoms with E-state index in [1.54, 1.807) is 0 Å². The van der Waals surface area contributed by atoms with Gasteiger partial charge in [0.15, 0.2) is 0 Å². The summed E-state index contributed by atoms with van der Waals surface area (Å²) in [4.78, 5) is 4.69. The van der Waals surface area contributed by atoms with Gasteiger partial charge in [0.05, 0.1) is 5.36 Å². The Morgan fingerprint density at radius 3 is 2.33 bits per heavy atom. The predicted molar refractivity (Wildman–Crippen MR) is 161 cm³/mol. The average molecular weight is 530 g/mol. The molecule has 7 nitrogen and oxygen atoms in total. The molecule has 40 heavy (non-hydrogen) atoms. The van der Waals surface area contributed by atoms with E-state index in [1.807, 2.05) is 61.5 Å². The van der Waals surface area contributed by atoms with Crippen LogP contribution in [0.2, 0.25) is 0 Å². The number of hydrogen-bond acceptors (Lipinski definition) is 7. The lowest BCUT2D eigenvalue weighted by Gasteiger charge is -2.19. The van der Waals surface area contributed by atoms with Crippen molar-refractivity contribution >= 4 is 28.4 Å². The monoisotopic (exact) mass is 529 g/mol. The molecular weight excluding hydrogens is 498 g/mol. The lowest BCUT2D eigenvalue weighted by Crippen LogP contribution is -2.09. The summed E-state index contributed by atoms with van der Waals surface area (Å²) in [6.45, 7) is 9.87. The van der Waals surface area contributed by atoms with Crippen molar-refractivity contribution in [3.63, 3.8) is 0 Å². The quantitative estimate of drug-likeness (QED) is 0.204. The zero-order valence-electron chi connectivity index (χ0n) is 23.1. The topological polar surface area (TPSA) is 88.5 Å². The first-order valence-corrected chi connectivity index (χ1v) is 13.6. The SMILES string of the molecule is CCN=c1cc2oc3cc(NCC)c(C)cc3c(-c3ccccc3-c3nnc(Nc4ccccc4)o3)c-2cc1C. The van der Waals surface area contributed by atoms with E-state index in [-0.39, 0.29) is 0 Å². The molecule has 4 aromatic rings. The number of nitrogens with zero attached hydrogens (tertiary/aromatic N) is 3. The largest absolute Gasteiger partial charge is 0.456 e. The van der Waals surface area contributed by atoms with E-state index in [0.717, 1.165) is 73.4 Å². The Kier molecular flexibility index (Phi) is 6.78. The van der Waals surface area contributed by atoms with Gasteiger partial charge in [-0.15, -0.1) is 5.10 Å². The van der Waals surface area contributed by atoms with Gasteiger partial charge in [0.25, 0.3) is 0 Å². The Morgan fingerprint density at radius 2 is 1.55 bits per heavy atom. The van der Waals surface area contributed by atoms with Gasteiger partial charge in [-0.25, -0.2) is 0 Å². The van der Waals surface area contributed by atoms with Gasteiger partial charge < -0.3 is 19.5 Å². The molecule has 2 aliphatic rings. The number of benzene rings is 4. The number of aromatic nitrogens is 2. The minimum absolute atomic E-state index is 0.335. The number of rotatable bonds is 7. The molecule has 0 spiro atoms. The van der Waals surface area contributed by atoms with Crippen LogP contribution in [0.15, 0.2) is 92.7 Å². The second-order valence-electron chi connectivity index (χ2n) is 9.73. The maximum absolute atomic E-state index is 6.55. The van der Waals surface area contributed by atoms with Gasteiger partial charge in [-0.05, 0) is 74.7 Å². The lowest BCUT2D eigenvalue weighted by molar-refractivity contribution is 0.588. The van der Waals surface area contributed by atoms with Crippen LogP contribution in [0.5, 0.6) is 0 Å². The highest BCUT2D eigenvalue weighted by molar-refractivity contribution is 6.05. The van der Waals surface area contributed by atoms with Crippen LogP contribution in [0.1, 0.15) is 25.0 Å². The van der Waals surface area contributed by atoms with Gasteiger partial charge in [-0.2, -0.15) is 0 Å². The molecule has 1 aromatic heterocycles. The third-order valence-electron chi connectivity index (χ3n) is 6.96. The highest BCUT2D eigenvalue weighted by atomic mass is 16.4. The molecule has 3 aromatic carbocycles. The summed E-state index contributed by atoms with van der Waals surface area (Å²) in [6.07, 6.45) is 0. The molecule has 2 heterocycles. The molecule has 200 valence electrons. The fraction of sp³-hybridized carbons (Fsp3) is 0.182. The van der Waals surface area contributed by atoms with E-state index in [0.29, 0.717) is 18.5 Å². The molecule has 0 radical (unpaired) electrons. The average Bonchev–Trinajstić information content (AvgIpc) is 3.42. The van der Waals surface area contributed by atoms with Crippen molar-refractivity contribution < 1.29 is 8.83 Å². The molecular formula is C33H31N5O2. The Labute approximate surface area is 233 Å². The number of hydrogen-bond donors (Lipinski definition) is 2. The van der Waals surface area contributed by atoms with E-state index in [1.165, 1.54) is 0 Å². The van der Waals surface area contributed by atoms with E-state index in [2.05, 4.69) is 70.9 Å². The van der Waals surface area contributed by atoms with Gasteiger partial charge in [0.2, 0.25) is 5.89 Å². The van der Waals surface area contributed by atoms with E-state index >= 15 is 0 Å². The van der Waals surface area contributed by atoms with Crippen molar-refractivity contribution in [2.75, 3.05) is 23.7 Å².